The fourth-order valence-electron chi connectivity index (χ4n) is 2.73. The van der Waals surface area contributed by atoms with E-state index in [-0.39, 0.29) is 12.6 Å². The molecule has 1 aromatic carbocycles. The lowest BCUT2D eigenvalue weighted by molar-refractivity contribution is -0.138. The number of carbonyl (C=O) groups is 1. The maximum absolute atomic E-state index is 10.9. The van der Waals surface area contributed by atoms with Crippen molar-refractivity contribution in [1.82, 2.24) is 4.90 Å². The van der Waals surface area contributed by atoms with Gasteiger partial charge in [0.1, 0.15) is 0 Å². The third kappa shape index (κ3) is 3.75. The number of hydrogen-bond acceptors (Lipinski definition) is 3. The van der Waals surface area contributed by atoms with Gasteiger partial charge < -0.3 is 10.0 Å². The number of piperidine rings is 1. The third-order valence-corrected chi connectivity index (χ3v) is 3.73. The van der Waals surface area contributed by atoms with Crippen molar-refractivity contribution in [2.45, 2.75) is 18.9 Å². The van der Waals surface area contributed by atoms with Crippen LogP contribution in [0.1, 0.15) is 12.8 Å². The summed E-state index contributed by atoms with van der Waals surface area (Å²) in [5.41, 5.74) is 1.23. The fourth-order valence-corrected chi connectivity index (χ4v) is 2.73. The Kier molecular flexibility index (Phi) is 5.03. The van der Waals surface area contributed by atoms with Crippen LogP contribution in [0.15, 0.2) is 30.3 Å². The molecule has 1 aliphatic heterocycles. The Labute approximate surface area is 120 Å². The number of para-hydroxylation sites is 1. The number of rotatable bonds is 5. The second-order valence-corrected chi connectivity index (χ2v) is 5.06. The lowest BCUT2D eigenvalue weighted by Gasteiger charge is -2.38. The number of carboxylic acids is 1. The van der Waals surface area contributed by atoms with Crippen molar-refractivity contribution in [3.8, 4) is 12.3 Å². The Balaban J connectivity index is 1.92. The highest BCUT2D eigenvalue weighted by Crippen LogP contribution is 2.22. The van der Waals surface area contributed by atoms with Gasteiger partial charge in [0, 0.05) is 24.8 Å². The number of hydrogen-bond donors (Lipinski definition) is 1. The summed E-state index contributed by atoms with van der Waals surface area (Å²) in [7, 11) is 0. The van der Waals surface area contributed by atoms with E-state index in [1.165, 1.54) is 5.69 Å². The molecule has 1 N–H and O–H groups in total. The van der Waals surface area contributed by atoms with Crippen LogP contribution < -0.4 is 4.90 Å². The van der Waals surface area contributed by atoms with Gasteiger partial charge in [-0.15, -0.1) is 6.42 Å². The van der Waals surface area contributed by atoms with Crippen LogP contribution in [-0.2, 0) is 4.79 Å². The fraction of sp³-hybridized carbons (Fsp3) is 0.438. The van der Waals surface area contributed by atoms with E-state index < -0.39 is 5.97 Å². The molecule has 0 amide bonds. The molecule has 0 atom stereocenters. The largest absolute Gasteiger partial charge is 0.480 e. The molecule has 1 heterocycles. The third-order valence-electron chi connectivity index (χ3n) is 3.73. The van der Waals surface area contributed by atoms with Crippen molar-refractivity contribution >= 4 is 11.7 Å². The maximum Gasteiger partial charge on any atom is 0.317 e. The molecule has 0 saturated carbocycles. The first-order valence-electron chi connectivity index (χ1n) is 6.90. The Morgan fingerprint density at radius 1 is 1.35 bits per heavy atom. The highest BCUT2D eigenvalue weighted by Gasteiger charge is 2.25. The molecule has 0 unspecified atom stereocenters. The van der Waals surface area contributed by atoms with Crippen LogP contribution in [0.4, 0.5) is 5.69 Å². The Morgan fingerprint density at radius 2 is 2.00 bits per heavy atom. The van der Waals surface area contributed by atoms with Crippen molar-refractivity contribution in [2.24, 2.45) is 0 Å². The zero-order valence-electron chi connectivity index (χ0n) is 11.5. The molecular weight excluding hydrogens is 252 g/mol. The average Bonchev–Trinajstić information content (AvgIpc) is 2.47. The first-order chi connectivity index (χ1) is 9.70. The highest BCUT2D eigenvalue weighted by atomic mass is 16.4. The zero-order chi connectivity index (χ0) is 14.4. The van der Waals surface area contributed by atoms with E-state index in [0.717, 1.165) is 25.9 Å². The molecule has 0 radical (unpaired) electrons. The van der Waals surface area contributed by atoms with Gasteiger partial charge in [0.15, 0.2) is 0 Å². The van der Waals surface area contributed by atoms with Crippen molar-refractivity contribution in [3.05, 3.63) is 30.3 Å². The van der Waals surface area contributed by atoms with E-state index >= 15 is 0 Å². The molecule has 0 bridgehead atoms. The van der Waals surface area contributed by atoms with Crippen LogP contribution in [-0.4, -0.2) is 48.2 Å². The summed E-state index contributed by atoms with van der Waals surface area (Å²) < 4.78 is 0. The summed E-state index contributed by atoms with van der Waals surface area (Å²) in [6, 6.07) is 10.6. The molecule has 2 rings (SSSR count). The monoisotopic (exact) mass is 272 g/mol. The maximum atomic E-state index is 10.9. The number of carboxylic acid groups (broad SMARTS) is 1. The van der Waals surface area contributed by atoms with Crippen molar-refractivity contribution in [2.75, 3.05) is 31.1 Å². The van der Waals surface area contributed by atoms with E-state index in [2.05, 4.69) is 23.0 Å². The van der Waals surface area contributed by atoms with Crippen LogP contribution in [0.2, 0.25) is 0 Å². The minimum absolute atomic E-state index is 0.0280. The molecule has 1 fully saturated rings. The van der Waals surface area contributed by atoms with Crippen LogP contribution in [0, 0.1) is 12.3 Å². The minimum atomic E-state index is -0.814. The normalized spacial score (nSPS) is 16.1. The summed E-state index contributed by atoms with van der Waals surface area (Å²) in [6.45, 7) is 2.31. The second kappa shape index (κ2) is 6.97. The quantitative estimate of drug-likeness (QED) is 0.828. The van der Waals surface area contributed by atoms with Crippen LogP contribution in [0.5, 0.6) is 0 Å². The van der Waals surface area contributed by atoms with E-state index in [1.807, 2.05) is 23.1 Å². The molecule has 20 heavy (non-hydrogen) atoms. The van der Waals surface area contributed by atoms with Gasteiger partial charge in [-0.25, -0.2) is 0 Å². The molecule has 1 aromatic rings. The molecular formula is C16H20N2O2. The van der Waals surface area contributed by atoms with Gasteiger partial charge in [-0.05, 0) is 25.0 Å². The predicted molar refractivity (Wildman–Crippen MR) is 79.7 cm³/mol. The first kappa shape index (κ1) is 14.4. The number of aliphatic carboxylic acids is 1. The van der Waals surface area contributed by atoms with E-state index in [4.69, 9.17) is 11.5 Å². The van der Waals surface area contributed by atoms with Crippen LogP contribution >= 0.6 is 0 Å². The number of nitrogens with zero attached hydrogens (tertiary/aromatic N) is 2. The molecule has 106 valence electrons. The number of benzene rings is 1. The topological polar surface area (TPSA) is 43.8 Å². The lowest BCUT2D eigenvalue weighted by atomic mass is 10.0. The van der Waals surface area contributed by atoms with E-state index in [9.17, 15) is 4.79 Å². The first-order valence-corrected chi connectivity index (χ1v) is 6.90. The summed E-state index contributed by atoms with van der Waals surface area (Å²) in [5, 5.41) is 8.95. The molecule has 4 heteroatoms. The Morgan fingerprint density at radius 3 is 2.55 bits per heavy atom. The average molecular weight is 272 g/mol. The minimum Gasteiger partial charge on any atom is -0.480 e. The van der Waals surface area contributed by atoms with Gasteiger partial charge in [0.25, 0.3) is 0 Å². The molecule has 1 saturated heterocycles. The standard InChI is InChI=1S/C16H20N2O2/c1-2-10-18(13-16(19)20)15-8-11-17(12-9-15)14-6-4-3-5-7-14/h1,3-7,15H,8-13H2,(H,19,20). The summed E-state index contributed by atoms with van der Waals surface area (Å²) >= 11 is 0. The van der Waals surface area contributed by atoms with Gasteiger partial charge >= 0.3 is 5.97 Å². The van der Waals surface area contributed by atoms with Crippen LogP contribution in [0.3, 0.4) is 0 Å². The van der Waals surface area contributed by atoms with Crippen molar-refractivity contribution < 1.29 is 9.90 Å². The van der Waals surface area contributed by atoms with Gasteiger partial charge in [-0.1, -0.05) is 24.1 Å². The van der Waals surface area contributed by atoms with Gasteiger partial charge in [-0.2, -0.15) is 0 Å². The predicted octanol–water partition coefficient (Wildman–Crippen LogP) is 1.68. The van der Waals surface area contributed by atoms with Crippen LogP contribution in [0.25, 0.3) is 0 Å². The van der Waals surface area contributed by atoms with E-state index in [0.29, 0.717) is 6.54 Å². The zero-order valence-corrected chi connectivity index (χ0v) is 11.5. The summed E-state index contributed by atoms with van der Waals surface area (Å²) in [5.74, 6) is 1.75. The molecule has 0 aliphatic carbocycles. The van der Waals surface area contributed by atoms with Gasteiger partial charge in [0.2, 0.25) is 0 Å². The van der Waals surface area contributed by atoms with Gasteiger partial charge in [0.05, 0.1) is 13.1 Å². The smallest absolute Gasteiger partial charge is 0.317 e. The molecule has 0 spiro atoms. The van der Waals surface area contributed by atoms with Crippen molar-refractivity contribution in [3.63, 3.8) is 0 Å². The molecule has 0 aromatic heterocycles. The van der Waals surface area contributed by atoms with Gasteiger partial charge in [-0.3, -0.25) is 9.69 Å². The highest BCUT2D eigenvalue weighted by molar-refractivity contribution is 5.69. The van der Waals surface area contributed by atoms with E-state index in [1.54, 1.807) is 0 Å². The Hall–Kier alpha value is -1.99. The summed E-state index contributed by atoms with van der Waals surface area (Å²) in [6.07, 6.45) is 7.23. The lowest BCUT2D eigenvalue weighted by Crippen LogP contribution is -2.46. The SMILES string of the molecule is C#CCN(CC(=O)O)C1CCN(c2ccccc2)CC1. The Bertz CT molecular complexity index is 473. The molecule has 1 aliphatic rings. The number of terminal acetylenes is 1. The summed E-state index contributed by atoms with van der Waals surface area (Å²) in [4.78, 5) is 15.1. The molecule has 4 nitrogen and oxygen atoms in total. The number of anilines is 1. The van der Waals surface area contributed by atoms with Crippen molar-refractivity contribution in [1.29, 1.82) is 0 Å². The second-order valence-electron chi connectivity index (χ2n) is 5.06.